The first-order valence-electron chi connectivity index (χ1n) is 7.34. The van der Waals surface area contributed by atoms with Crippen molar-refractivity contribution in [2.45, 2.75) is 6.42 Å². The van der Waals surface area contributed by atoms with E-state index >= 15 is 0 Å². The zero-order valence-electron chi connectivity index (χ0n) is 13.3. The second-order valence-corrected chi connectivity index (χ2v) is 6.73. The number of hydrogen-bond acceptors (Lipinski definition) is 3. The van der Waals surface area contributed by atoms with Crippen molar-refractivity contribution in [3.05, 3.63) is 71.9 Å². The molecule has 1 heterocycles. The number of nitrogens with zero attached hydrogens (tertiary/aromatic N) is 3. The number of rotatable bonds is 4. The van der Waals surface area contributed by atoms with Gasteiger partial charge in [-0.15, -0.1) is 0 Å². The van der Waals surface area contributed by atoms with Gasteiger partial charge < -0.3 is 0 Å². The van der Waals surface area contributed by atoms with Crippen LogP contribution in [0.4, 0.5) is 20.2 Å². The number of benzene rings is 2. The molecule has 3 rings (SSSR count). The standard InChI is InChI=1S/C18H13F2N3.2ClH.Fe/c19-15-5-1-3-7-17(15)21-11-13-9-10-14(23-13)12-22-18-8-4-2-6-16(18)20;;;/h1-9,11-12H,10H2;2*1H;/q;;;+2/p-2. The first-order valence-corrected chi connectivity index (χ1v) is 10.4. The fourth-order valence-corrected chi connectivity index (χ4v) is 2.02. The van der Waals surface area contributed by atoms with E-state index in [1.807, 2.05) is 6.08 Å². The average Bonchev–Trinajstić information content (AvgIpc) is 3.09. The molecule has 1 aliphatic rings. The Bertz CT molecular complexity index is 867. The zero-order valence-corrected chi connectivity index (χ0v) is 15.9. The van der Waals surface area contributed by atoms with Crippen LogP contribution >= 0.6 is 20.2 Å². The Morgan fingerprint density at radius 1 is 0.885 bits per heavy atom. The monoisotopic (exact) mass is 435 g/mol. The molecule has 1 aliphatic heterocycles. The molecule has 3 nitrogen and oxygen atoms in total. The molecular weight excluding hydrogens is 423 g/mol. The number of aliphatic imine (C=N–C) groups is 3. The van der Waals surface area contributed by atoms with Crippen LogP contribution in [-0.4, -0.2) is 18.1 Å². The number of para-hydroxylation sites is 2. The minimum atomic E-state index is -0.382. The van der Waals surface area contributed by atoms with Crippen LogP contribution in [0, 0.1) is 11.6 Å². The van der Waals surface area contributed by atoms with Crippen molar-refractivity contribution < 1.29 is 21.9 Å². The summed E-state index contributed by atoms with van der Waals surface area (Å²) in [6.45, 7) is 0. The van der Waals surface area contributed by atoms with Gasteiger partial charge in [-0.1, -0.05) is 30.3 Å². The fraction of sp³-hybridized carbons (Fsp3) is 0.0556. The van der Waals surface area contributed by atoms with Crippen molar-refractivity contribution in [2.24, 2.45) is 15.0 Å². The number of halogens is 4. The average molecular weight is 436 g/mol. The third-order valence-corrected chi connectivity index (χ3v) is 3.19. The van der Waals surface area contributed by atoms with Gasteiger partial charge >= 0.3 is 33.3 Å². The van der Waals surface area contributed by atoms with Gasteiger partial charge in [0, 0.05) is 12.6 Å². The zero-order chi connectivity index (χ0) is 18.8. The molecule has 0 saturated carbocycles. The Kier molecular flexibility index (Phi) is 8.65. The molecular formula is C18H13Cl2F2FeN3. The van der Waals surface area contributed by atoms with E-state index in [0.717, 1.165) is 0 Å². The van der Waals surface area contributed by atoms with Crippen molar-refractivity contribution in [1.82, 2.24) is 0 Å². The first kappa shape index (κ1) is 20.5. The summed E-state index contributed by atoms with van der Waals surface area (Å²) in [6, 6.07) is 12.5. The minimum absolute atomic E-state index is 0.194. The quantitative estimate of drug-likeness (QED) is 0.406. The SMILES string of the molecule is Fc1ccccc1N=CC1=CCC(C=Nc2ccccc2F)=N1.[Cl][Fe][Cl]. The summed E-state index contributed by atoms with van der Waals surface area (Å²) in [5.74, 6) is -0.760. The molecule has 0 aromatic heterocycles. The number of allylic oxidation sites excluding steroid dienone is 2. The summed E-state index contributed by atoms with van der Waals surface area (Å²) in [5, 5.41) is 0. The van der Waals surface area contributed by atoms with Crippen LogP contribution in [0.15, 0.2) is 75.3 Å². The van der Waals surface area contributed by atoms with E-state index in [1.54, 1.807) is 36.4 Å². The maximum absolute atomic E-state index is 13.5. The van der Waals surface area contributed by atoms with Crippen molar-refractivity contribution in [3.8, 4) is 0 Å². The molecule has 8 heteroatoms. The molecule has 0 spiro atoms. The molecule has 0 radical (unpaired) electrons. The van der Waals surface area contributed by atoms with Crippen molar-refractivity contribution in [2.75, 3.05) is 0 Å². The van der Waals surface area contributed by atoms with Crippen molar-refractivity contribution >= 4 is 49.7 Å². The molecule has 2 aromatic rings. The molecule has 0 amide bonds. The Balaban J connectivity index is 0.000000758. The topological polar surface area (TPSA) is 37.1 Å². The van der Waals surface area contributed by atoms with Gasteiger partial charge in [0.25, 0.3) is 0 Å². The van der Waals surface area contributed by atoms with Gasteiger partial charge in [0.2, 0.25) is 0 Å². The summed E-state index contributed by atoms with van der Waals surface area (Å²) in [6.07, 6.45) is 5.46. The third kappa shape index (κ3) is 6.46. The predicted molar refractivity (Wildman–Crippen MR) is 101 cm³/mol. The second kappa shape index (κ2) is 11.0. The molecule has 0 bridgehead atoms. The van der Waals surface area contributed by atoms with Gasteiger partial charge in [0.15, 0.2) is 0 Å². The first-order chi connectivity index (χ1) is 12.6. The van der Waals surface area contributed by atoms with Gasteiger partial charge in [0.05, 0.1) is 29.0 Å². The van der Waals surface area contributed by atoms with Gasteiger partial charge in [-0.3, -0.25) is 15.0 Å². The van der Waals surface area contributed by atoms with Gasteiger partial charge in [0.1, 0.15) is 11.6 Å². The Morgan fingerprint density at radius 3 is 1.92 bits per heavy atom. The van der Waals surface area contributed by atoms with E-state index < -0.39 is 0 Å². The summed E-state index contributed by atoms with van der Waals surface area (Å²) in [4.78, 5) is 12.5. The normalized spacial score (nSPS) is 13.7. The van der Waals surface area contributed by atoms with Gasteiger partial charge in [-0.05, 0) is 24.3 Å². The summed E-state index contributed by atoms with van der Waals surface area (Å²) >= 11 is 0.194. The molecule has 0 aliphatic carbocycles. The summed E-state index contributed by atoms with van der Waals surface area (Å²) in [7, 11) is 9.53. The van der Waals surface area contributed by atoms with E-state index in [9.17, 15) is 8.78 Å². The number of hydrogen-bond donors (Lipinski definition) is 0. The molecule has 2 aromatic carbocycles. The van der Waals surface area contributed by atoms with E-state index in [2.05, 4.69) is 15.0 Å². The fourth-order valence-electron chi connectivity index (χ4n) is 2.02. The molecule has 136 valence electrons. The van der Waals surface area contributed by atoms with Crippen LogP contribution in [-0.2, 0) is 13.1 Å². The summed E-state index contributed by atoms with van der Waals surface area (Å²) < 4.78 is 26.9. The van der Waals surface area contributed by atoms with Crippen LogP contribution < -0.4 is 0 Å². The molecule has 0 fully saturated rings. The molecule has 0 atom stereocenters. The Hall–Kier alpha value is -1.85. The van der Waals surface area contributed by atoms with Crippen molar-refractivity contribution in [1.29, 1.82) is 0 Å². The third-order valence-electron chi connectivity index (χ3n) is 3.19. The Labute approximate surface area is 164 Å². The van der Waals surface area contributed by atoms with Crippen LogP contribution in [0.2, 0.25) is 0 Å². The van der Waals surface area contributed by atoms with Gasteiger partial charge in [-0.25, -0.2) is 8.78 Å². The van der Waals surface area contributed by atoms with Crippen LogP contribution in [0.5, 0.6) is 0 Å². The van der Waals surface area contributed by atoms with Gasteiger partial charge in [-0.2, -0.15) is 0 Å². The second-order valence-electron chi connectivity index (χ2n) is 4.91. The van der Waals surface area contributed by atoms with E-state index in [0.29, 0.717) is 17.8 Å². The van der Waals surface area contributed by atoms with Crippen LogP contribution in [0.3, 0.4) is 0 Å². The maximum atomic E-state index is 13.5. The van der Waals surface area contributed by atoms with E-state index in [4.69, 9.17) is 20.2 Å². The van der Waals surface area contributed by atoms with Crippen LogP contribution in [0.25, 0.3) is 0 Å². The Morgan fingerprint density at radius 2 is 1.38 bits per heavy atom. The molecule has 0 unspecified atom stereocenters. The molecule has 26 heavy (non-hydrogen) atoms. The van der Waals surface area contributed by atoms with E-state index in [1.165, 1.54) is 24.6 Å². The van der Waals surface area contributed by atoms with E-state index in [-0.39, 0.29) is 36.1 Å². The molecule has 0 saturated heterocycles. The summed E-state index contributed by atoms with van der Waals surface area (Å²) in [5.41, 5.74) is 1.85. The predicted octanol–water partition coefficient (Wildman–Crippen LogP) is 6.17. The van der Waals surface area contributed by atoms with Crippen LogP contribution in [0.1, 0.15) is 6.42 Å². The molecule has 0 N–H and O–H groups in total. The van der Waals surface area contributed by atoms with Crippen molar-refractivity contribution in [3.63, 3.8) is 0 Å².